The molecule has 0 bridgehead atoms. The summed E-state index contributed by atoms with van der Waals surface area (Å²) in [6, 6.07) is 7.66. The standard InChI is InChI=1S/C24H32N4O4S/c1-15(2)13-22(24(29)32-16(3)4)28(6)33(30,31)19-9-7-18(8-10-19)14-21-23-20(11-12-25-21)26-17(5)27-23/h7-12,15-16,22H,13-14H2,1-6H3,(H,26,27)/t22-/m0/s1. The van der Waals surface area contributed by atoms with Gasteiger partial charge < -0.3 is 9.72 Å². The van der Waals surface area contributed by atoms with E-state index in [9.17, 15) is 13.2 Å². The molecule has 0 aliphatic carbocycles. The summed E-state index contributed by atoms with van der Waals surface area (Å²) in [4.78, 5) is 24.9. The molecule has 0 aliphatic heterocycles. The number of ether oxygens (including phenoxy) is 1. The number of aromatic nitrogens is 3. The Labute approximate surface area is 195 Å². The van der Waals surface area contributed by atoms with Crippen LogP contribution in [0.2, 0.25) is 0 Å². The molecule has 33 heavy (non-hydrogen) atoms. The number of esters is 1. The Morgan fingerprint density at radius 3 is 2.39 bits per heavy atom. The zero-order valence-corrected chi connectivity index (χ0v) is 20.8. The number of hydrogen-bond donors (Lipinski definition) is 1. The zero-order valence-electron chi connectivity index (χ0n) is 20.0. The van der Waals surface area contributed by atoms with Crippen LogP contribution in [0.5, 0.6) is 0 Å². The molecule has 0 aliphatic rings. The van der Waals surface area contributed by atoms with E-state index in [1.54, 1.807) is 44.3 Å². The van der Waals surface area contributed by atoms with Crippen LogP contribution in [0, 0.1) is 12.8 Å². The fourth-order valence-corrected chi connectivity index (χ4v) is 5.02. The van der Waals surface area contributed by atoms with Crippen molar-refractivity contribution < 1.29 is 17.9 Å². The summed E-state index contributed by atoms with van der Waals surface area (Å²) in [6.45, 7) is 9.28. The lowest BCUT2D eigenvalue weighted by atomic mass is 10.0. The number of likely N-dealkylation sites (N-methyl/N-ethyl adjacent to an activating group) is 1. The average molecular weight is 473 g/mol. The Bertz CT molecular complexity index is 1220. The smallest absolute Gasteiger partial charge is 0.324 e. The first-order valence-corrected chi connectivity index (χ1v) is 12.5. The number of aryl methyl sites for hydroxylation is 1. The van der Waals surface area contributed by atoms with Gasteiger partial charge in [0.25, 0.3) is 0 Å². The predicted octanol–water partition coefficient (Wildman–Crippen LogP) is 3.84. The molecule has 3 aromatic rings. The van der Waals surface area contributed by atoms with Crippen LogP contribution in [-0.4, -0.2) is 52.8 Å². The van der Waals surface area contributed by atoms with Crippen LogP contribution in [0.1, 0.15) is 51.2 Å². The quantitative estimate of drug-likeness (QED) is 0.474. The van der Waals surface area contributed by atoms with Gasteiger partial charge in [-0.05, 0) is 56.9 Å². The fraction of sp³-hybridized carbons (Fsp3) is 0.458. The molecule has 0 radical (unpaired) electrons. The molecule has 1 N–H and O–H groups in total. The van der Waals surface area contributed by atoms with E-state index in [1.165, 1.54) is 7.05 Å². The maximum absolute atomic E-state index is 13.3. The Morgan fingerprint density at radius 2 is 1.79 bits per heavy atom. The lowest BCUT2D eigenvalue weighted by molar-refractivity contribution is -0.152. The molecule has 0 spiro atoms. The van der Waals surface area contributed by atoms with Gasteiger partial charge in [-0.3, -0.25) is 9.78 Å². The van der Waals surface area contributed by atoms with Crippen molar-refractivity contribution in [1.29, 1.82) is 0 Å². The van der Waals surface area contributed by atoms with Crippen molar-refractivity contribution in [3.05, 3.63) is 53.6 Å². The molecule has 9 heteroatoms. The molecule has 0 saturated carbocycles. The second-order valence-electron chi connectivity index (χ2n) is 8.95. The van der Waals surface area contributed by atoms with Crippen LogP contribution in [0.25, 0.3) is 11.0 Å². The maximum atomic E-state index is 13.3. The average Bonchev–Trinajstić information content (AvgIpc) is 3.12. The number of fused-ring (bicyclic) bond motifs is 1. The summed E-state index contributed by atoms with van der Waals surface area (Å²) < 4.78 is 33.0. The van der Waals surface area contributed by atoms with Gasteiger partial charge in [0.1, 0.15) is 17.4 Å². The third-order valence-corrected chi connectivity index (χ3v) is 7.21. The van der Waals surface area contributed by atoms with Crippen molar-refractivity contribution in [2.45, 2.75) is 64.5 Å². The number of sulfonamides is 1. The van der Waals surface area contributed by atoms with Gasteiger partial charge in [-0.2, -0.15) is 4.31 Å². The highest BCUT2D eigenvalue weighted by Crippen LogP contribution is 2.23. The van der Waals surface area contributed by atoms with E-state index in [0.717, 1.165) is 32.4 Å². The van der Waals surface area contributed by atoms with Crippen LogP contribution in [-0.2, 0) is 26.0 Å². The summed E-state index contributed by atoms with van der Waals surface area (Å²) >= 11 is 0. The van der Waals surface area contributed by atoms with Crippen LogP contribution >= 0.6 is 0 Å². The van der Waals surface area contributed by atoms with Crippen LogP contribution in [0.15, 0.2) is 41.4 Å². The van der Waals surface area contributed by atoms with Crippen molar-refractivity contribution in [3.63, 3.8) is 0 Å². The highest BCUT2D eigenvalue weighted by Gasteiger charge is 2.34. The summed E-state index contributed by atoms with van der Waals surface area (Å²) in [5.41, 5.74) is 3.46. The Morgan fingerprint density at radius 1 is 1.12 bits per heavy atom. The first kappa shape index (κ1) is 24.9. The topological polar surface area (TPSA) is 105 Å². The number of nitrogens with one attached hydrogen (secondary N) is 1. The van der Waals surface area contributed by atoms with Gasteiger partial charge in [-0.25, -0.2) is 13.4 Å². The molecule has 178 valence electrons. The molecule has 2 aromatic heterocycles. The number of hydrogen-bond acceptors (Lipinski definition) is 6. The predicted molar refractivity (Wildman–Crippen MR) is 127 cm³/mol. The Kier molecular flexibility index (Phi) is 7.54. The van der Waals surface area contributed by atoms with Crippen LogP contribution in [0.4, 0.5) is 0 Å². The van der Waals surface area contributed by atoms with E-state index in [0.29, 0.717) is 12.8 Å². The molecule has 0 saturated heterocycles. The van der Waals surface area contributed by atoms with Gasteiger partial charge in [0.05, 0.1) is 22.2 Å². The van der Waals surface area contributed by atoms with Crippen molar-refractivity contribution in [3.8, 4) is 0 Å². The number of carbonyl (C=O) groups excluding carboxylic acids is 1. The number of benzene rings is 1. The minimum atomic E-state index is -3.89. The molecular formula is C24H32N4O4S. The van der Waals surface area contributed by atoms with Crippen molar-refractivity contribution >= 4 is 27.0 Å². The lowest BCUT2D eigenvalue weighted by Gasteiger charge is -2.28. The Hall–Kier alpha value is -2.78. The number of rotatable bonds is 9. The minimum Gasteiger partial charge on any atom is -0.462 e. The molecule has 0 unspecified atom stereocenters. The molecule has 8 nitrogen and oxygen atoms in total. The molecule has 0 amide bonds. The second-order valence-corrected chi connectivity index (χ2v) is 10.9. The number of carbonyl (C=O) groups is 1. The largest absolute Gasteiger partial charge is 0.462 e. The molecular weight excluding hydrogens is 440 g/mol. The molecule has 1 atom stereocenters. The van der Waals surface area contributed by atoms with Gasteiger partial charge >= 0.3 is 5.97 Å². The highest BCUT2D eigenvalue weighted by atomic mass is 32.2. The fourth-order valence-electron chi connectivity index (χ4n) is 3.70. The normalized spacial score (nSPS) is 13.2. The van der Waals surface area contributed by atoms with E-state index in [2.05, 4.69) is 15.0 Å². The SMILES string of the molecule is Cc1nc2c(Cc3ccc(S(=O)(=O)N(C)[C@@H](CC(C)C)C(=O)OC(C)C)cc3)nccc2[nH]1. The van der Waals surface area contributed by atoms with Crippen molar-refractivity contribution in [2.24, 2.45) is 5.92 Å². The summed E-state index contributed by atoms with van der Waals surface area (Å²) in [7, 11) is -2.45. The summed E-state index contributed by atoms with van der Waals surface area (Å²) in [6.07, 6.45) is 2.31. The summed E-state index contributed by atoms with van der Waals surface area (Å²) in [5, 5.41) is 0. The molecule has 1 aromatic carbocycles. The van der Waals surface area contributed by atoms with Crippen LogP contribution in [0.3, 0.4) is 0 Å². The van der Waals surface area contributed by atoms with E-state index in [1.807, 2.05) is 26.8 Å². The number of pyridine rings is 1. The van der Waals surface area contributed by atoms with E-state index >= 15 is 0 Å². The van der Waals surface area contributed by atoms with Crippen molar-refractivity contribution in [2.75, 3.05) is 7.05 Å². The molecule has 2 heterocycles. The van der Waals surface area contributed by atoms with Gasteiger partial charge in [0.15, 0.2) is 0 Å². The van der Waals surface area contributed by atoms with E-state index < -0.39 is 22.0 Å². The number of H-pyrrole nitrogens is 1. The lowest BCUT2D eigenvalue weighted by Crippen LogP contribution is -2.44. The van der Waals surface area contributed by atoms with Gasteiger partial charge in [0.2, 0.25) is 10.0 Å². The van der Waals surface area contributed by atoms with Gasteiger partial charge in [0, 0.05) is 19.7 Å². The van der Waals surface area contributed by atoms with Gasteiger partial charge in [-0.1, -0.05) is 26.0 Å². The monoisotopic (exact) mass is 472 g/mol. The van der Waals surface area contributed by atoms with Gasteiger partial charge in [-0.15, -0.1) is 0 Å². The van der Waals surface area contributed by atoms with Crippen LogP contribution < -0.4 is 0 Å². The Balaban J connectivity index is 1.83. The first-order valence-electron chi connectivity index (χ1n) is 11.1. The highest BCUT2D eigenvalue weighted by molar-refractivity contribution is 7.89. The third kappa shape index (κ3) is 5.78. The maximum Gasteiger partial charge on any atom is 0.324 e. The molecule has 3 rings (SSSR count). The van der Waals surface area contributed by atoms with E-state index in [-0.39, 0.29) is 16.9 Å². The number of aromatic amines is 1. The zero-order chi connectivity index (χ0) is 24.3. The van der Waals surface area contributed by atoms with Crippen molar-refractivity contribution in [1.82, 2.24) is 19.3 Å². The minimum absolute atomic E-state index is 0.121. The van der Waals surface area contributed by atoms with E-state index in [4.69, 9.17) is 4.74 Å². The number of nitrogens with zero attached hydrogens (tertiary/aromatic N) is 3. The molecule has 0 fully saturated rings. The first-order chi connectivity index (χ1) is 15.5. The second kappa shape index (κ2) is 10.0. The number of imidazole rings is 1. The third-order valence-electron chi connectivity index (χ3n) is 5.32. The summed E-state index contributed by atoms with van der Waals surface area (Å²) in [5.74, 6) is 0.404.